The number of rotatable bonds is 2. The van der Waals surface area contributed by atoms with E-state index in [0.29, 0.717) is 0 Å². The summed E-state index contributed by atoms with van der Waals surface area (Å²) < 4.78 is 23.6. The van der Waals surface area contributed by atoms with Crippen LogP contribution in [0.15, 0.2) is 12.2 Å². The molecule has 5 heteroatoms. The van der Waals surface area contributed by atoms with Gasteiger partial charge in [0.25, 0.3) is 0 Å². The van der Waals surface area contributed by atoms with Gasteiger partial charge >= 0.3 is 0 Å². The molecule has 0 radical (unpaired) electrons. The summed E-state index contributed by atoms with van der Waals surface area (Å²) in [7, 11) is -3.18. The van der Waals surface area contributed by atoms with E-state index in [1.807, 2.05) is 0 Å². The molecule has 1 unspecified atom stereocenters. The van der Waals surface area contributed by atoms with Crippen LogP contribution in [-0.2, 0) is 14.8 Å². The van der Waals surface area contributed by atoms with Crippen LogP contribution in [0.1, 0.15) is 6.42 Å². The van der Waals surface area contributed by atoms with Crippen molar-refractivity contribution in [3.05, 3.63) is 12.2 Å². The Bertz CT molecular complexity index is 291. The van der Waals surface area contributed by atoms with Crippen LogP contribution < -0.4 is 4.72 Å². The number of ketones is 1. The average Bonchev–Trinajstić information content (AvgIpc) is 2.10. The number of carbonyl (C=O) groups is 1. The van der Waals surface area contributed by atoms with Gasteiger partial charge in [0.05, 0.1) is 6.26 Å². The third-order valence-corrected chi connectivity index (χ3v) is 2.03. The number of hydrogen-bond donors (Lipinski definition) is 1. The molecule has 0 aliphatic heterocycles. The van der Waals surface area contributed by atoms with Crippen molar-refractivity contribution in [2.75, 3.05) is 6.26 Å². The first-order valence-corrected chi connectivity index (χ1v) is 5.05. The maximum Gasteiger partial charge on any atom is 0.209 e. The molecule has 0 saturated carbocycles. The van der Waals surface area contributed by atoms with Crippen molar-refractivity contribution in [2.24, 2.45) is 0 Å². The molecule has 0 aromatic rings. The van der Waals surface area contributed by atoms with E-state index in [1.165, 1.54) is 6.08 Å². The van der Waals surface area contributed by atoms with E-state index in [-0.39, 0.29) is 18.2 Å². The summed E-state index contributed by atoms with van der Waals surface area (Å²) in [4.78, 5) is 10.6. The van der Waals surface area contributed by atoms with Crippen molar-refractivity contribution >= 4 is 15.8 Å². The summed E-state index contributed by atoms with van der Waals surface area (Å²) in [6.07, 6.45) is 4.27. The van der Waals surface area contributed by atoms with Gasteiger partial charge in [-0.3, -0.25) is 4.79 Å². The van der Waals surface area contributed by atoms with Crippen LogP contribution >= 0.6 is 0 Å². The van der Waals surface area contributed by atoms with Crippen LogP contribution in [0.3, 0.4) is 0 Å². The van der Waals surface area contributed by atoms with Gasteiger partial charge in [-0.15, -0.1) is 0 Å². The van der Waals surface area contributed by atoms with Gasteiger partial charge in [0, 0.05) is 12.5 Å². The molecular weight excluding hydrogens is 166 g/mol. The topological polar surface area (TPSA) is 63.2 Å². The van der Waals surface area contributed by atoms with Crippen LogP contribution in [0, 0.1) is 0 Å². The second kappa shape index (κ2) is 2.75. The minimum atomic E-state index is -3.18. The van der Waals surface area contributed by atoms with E-state index in [0.717, 1.165) is 6.26 Å². The molecule has 1 rings (SSSR count). The molecule has 1 N–H and O–H groups in total. The lowest BCUT2D eigenvalue weighted by Crippen LogP contribution is -2.31. The van der Waals surface area contributed by atoms with E-state index in [2.05, 4.69) is 4.72 Å². The van der Waals surface area contributed by atoms with E-state index in [1.54, 1.807) is 6.08 Å². The fourth-order valence-electron chi connectivity index (χ4n) is 0.932. The molecule has 0 saturated heterocycles. The molecule has 1 atom stereocenters. The van der Waals surface area contributed by atoms with E-state index in [4.69, 9.17) is 0 Å². The van der Waals surface area contributed by atoms with E-state index < -0.39 is 10.0 Å². The molecular formula is C6H9NO3S. The molecule has 0 spiro atoms. The summed E-state index contributed by atoms with van der Waals surface area (Å²) >= 11 is 0. The fourth-order valence-corrected chi connectivity index (χ4v) is 1.64. The standard InChI is InChI=1S/C6H9NO3S/c1-11(9,10)7-5-2-3-6(8)4-5/h2-3,5,7H,4H2,1H3. The third kappa shape index (κ3) is 2.81. The Balaban J connectivity index is 2.55. The molecule has 0 aromatic carbocycles. The van der Waals surface area contributed by atoms with Crippen molar-refractivity contribution in [1.29, 1.82) is 0 Å². The predicted octanol–water partition coefficient (Wildman–Crippen LogP) is -0.567. The van der Waals surface area contributed by atoms with Crippen LogP contribution in [0.5, 0.6) is 0 Å². The number of sulfonamides is 1. The van der Waals surface area contributed by atoms with Gasteiger partial charge in [0.1, 0.15) is 0 Å². The van der Waals surface area contributed by atoms with Crippen LogP contribution in [0.25, 0.3) is 0 Å². The Labute approximate surface area is 65.3 Å². The van der Waals surface area contributed by atoms with Gasteiger partial charge in [-0.1, -0.05) is 6.08 Å². The zero-order chi connectivity index (χ0) is 8.48. The maximum atomic E-state index is 10.6. The zero-order valence-electron chi connectivity index (χ0n) is 6.07. The minimum Gasteiger partial charge on any atom is -0.295 e. The quantitative estimate of drug-likeness (QED) is 0.611. The lowest BCUT2D eigenvalue weighted by Gasteiger charge is -2.05. The fraction of sp³-hybridized carbons (Fsp3) is 0.500. The van der Waals surface area contributed by atoms with Crippen LogP contribution in [-0.4, -0.2) is 26.5 Å². The first-order chi connectivity index (χ1) is 4.97. The second-order valence-corrected chi connectivity index (χ2v) is 4.31. The van der Waals surface area contributed by atoms with Gasteiger partial charge in [-0.25, -0.2) is 13.1 Å². The molecule has 11 heavy (non-hydrogen) atoms. The van der Waals surface area contributed by atoms with Crippen molar-refractivity contribution in [3.63, 3.8) is 0 Å². The van der Waals surface area contributed by atoms with E-state index in [9.17, 15) is 13.2 Å². The van der Waals surface area contributed by atoms with Crippen LogP contribution in [0.2, 0.25) is 0 Å². The van der Waals surface area contributed by atoms with Gasteiger partial charge in [0.2, 0.25) is 10.0 Å². The molecule has 0 aromatic heterocycles. The molecule has 1 aliphatic rings. The van der Waals surface area contributed by atoms with Crippen molar-refractivity contribution in [1.82, 2.24) is 4.72 Å². The number of hydrogen-bond acceptors (Lipinski definition) is 3. The highest BCUT2D eigenvalue weighted by molar-refractivity contribution is 7.88. The molecule has 4 nitrogen and oxygen atoms in total. The highest BCUT2D eigenvalue weighted by Gasteiger charge is 2.18. The lowest BCUT2D eigenvalue weighted by molar-refractivity contribution is -0.114. The largest absolute Gasteiger partial charge is 0.295 e. The van der Waals surface area contributed by atoms with Gasteiger partial charge in [-0.2, -0.15) is 0 Å². The van der Waals surface area contributed by atoms with Gasteiger partial charge in [-0.05, 0) is 6.08 Å². The average molecular weight is 175 g/mol. The van der Waals surface area contributed by atoms with Crippen molar-refractivity contribution in [2.45, 2.75) is 12.5 Å². The second-order valence-electron chi connectivity index (χ2n) is 2.53. The molecule has 1 aliphatic carbocycles. The summed E-state index contributed by atoms with van der Waals surface area (Å²) in [6, 6.07) is -0.336. The maximum absolute atomic E-state index is 10.6. The molecule has 0 fully saturated rings. The first kappa shape index (κ1) is 8.42. The summed E-state index contributed by atoms with van der Waals surface area (Å²) in [5, 5.41) is 0. The summed E-state index contributed by atoms with van der Waals surface area (Å²) in [6.45, 7) is 0. The number of carbonyl (C=O) groups excluding carboxylic acids is 1. The lowest BCUT2D eigenvalue weighted by atomic mass is 10.3. The number of nitrogens with one attached hydrogen (secondary N) is 1. The highest BCUT2D eigenvalue weighted by atomic mass is 32.2. The van der Waals surface area contributed by atoms with Gasteiger partial charge < -0.3 is 0 Å². The predicted molar refractivity (Wildman–Crippen MR) is 40.5 cm³/mol. The Morgan fingerprint density at radius 2 is 2.27 bits per heavy atom. The van der Waals surface area contributed by atoms with Crippen molar-refractivity contribution < 1.29 is 13.2 Å². The minimum absolute atomic E-state index is 0.0360. The zero-order valence-corrected chi connectivity index (χ0v) is 6.89. The van der Waals surface area contributed by atoms with Gasteiger partial charge in [0.15, 0.2) is 5.78 Å². The highest BCUT2D eigenvalue weighted by Crippen LogP contribution is 2.05. The Morgan fingerprint density at radius 1 is 1.64 bits per heavy atom. The molecule has 0 amide bonds. The first-order valence-electron chi connectivity index (χ1n) is 3.16. The third-order valence-electron chi connectivity index (χ3n) is 1.30. The van der Waals surface area contributed by atoms with Crippen molar-refractivity contribution in [3.8, 4) is 0 Å². The molecule has 62 valence electrons. The normalized spacial score (nSPS) is 24.5. The van der Waals surface area contributed by atoms with Crippen LogP contribution in [0.4, 0.5) is 0 Å². The number of allylic oxidation sites excluding steroid dienone is 1. The molecule has 0 bridgehead atoms. The SMILES string of the molecule is CS(=O)(=O)NC1C=CC(=O)C1. The Hall–Kier alpha value is -0.680. The molecule has 0 heterocycles. The smallest absolute Gasteiger partial charge is 0.209 e. The monoisotopic (exact) mass is 175 g/mol. The Morgan fingerprint density at radius 3 is 2.64 bits per heavy atom. The summed E-state index contributed by atoms with van der Waals surface area (Å²) in [5.41, 5.74) is 0. The Kier molecular flexibility index (Phi) is 2.10. The van der Waals surface area contributed by atoms with E-state index >= 15 is 0 Å². The summed E-state index contributed by atoms with van der Waals surface area (Å²) in [5.74, 6) is -0.0360.